The maximum atomic E-state index is 11.2. The maximum Gasteiger partial charge on any atom is 0.311 e. The van der Waals surface area contributed by atoms with Crippen LogP contribution in [0.4, 0.5) is 0 Å². The topological polar surface area (TPSA) is 48.4 Å². The first-order chi connectivity index (χ1) is 9.76. The van der Waals surface area contributed by atoms with E-state index in [2.05, 4.69) is 15.8 Å². The van der Waals surface area contributed by atoms with Crippen molar-refractivity contribution >= 4 is 29.1 Å². The Bertz CT molecular complexity index is 626. The predicted molar refractivity (Wildman–Crippen MR) is 78.4 cm³/mol. The summed E-state index contributed by atoms with van der Waals surface area (Å²) in [6.45, 7) is 0. The van der Waals surface area contributed by atoms with Gasteiger partial charge in [0.25, 0.3) is 0 Å². The molecule has 2 heterocycles. The van der Waals surface area contributed by atoms with Crippen LogP contribution in [0.15, 0.2) is 34.5 Å². The van der Waals surface area contributed by atoms with Crippen LogP contribution in [0.5, 0.6) is 5.75 Å². The number of hydrogen-bond acceptors (Lipinski definition) is 6. The molecule has 0 amide bonds. The van der Waals surface area contributed by atoms with Gasteiger partial charge in [0.2, 0.25) is 0 Å². The molecule has 0 fully saturated rings. The van der Waals surface area contributed by atoms with Gasteiger partial charge in [0, 0.05) is 16.0 Å². The summed E-state index contributed by atoms with van der Waals surface area (Å²) < 4.78 is 10.6. The summed E-state index contributed by atoms with van der Waals surface area (Å²) in [5.41, 5.74) is 0.740. The predicted octanol–water partition coefficient (Wildman–Crippen LogP) is 3.08. The Morgan fingerprint density at radius 2 is 2.35 bits per heavy atom. The summed E-state index contributed by atoms with van der Waals surface area (Å²) in [4.78, 5) is 16.9. The molecule has 1 aromatic heterocycles. The molecule has 0 saturated heterocycles. The van der Waals surface area contributed by atoms with Crippen molar-refractivity contribution in [2.45, 2.75) is 17.4 Å². The highest BCUT2D eigenvalue weighted by atomic mass is 32.2. The molecule has 1 unspecified atom stereocenters. The Morgan fingerprint density at radius 3 is 3.20 bits per heavy atom. The van der Waals surface area contributed by atoms with E-state index < -0.39 is 0 Å². The molecule has 0 radical (unpaired) electrons. The van der Waals surface area contributed by atoms with Crippen LogP contribution in [-0.2, 0) is 16.0 Å². The van der Waals surface area contributed by atoms with Crippen LogP contribution in [0, 0.1) is 0 Å². The van der Waals surface area contributed by atoms with Crippen molar-refractivity contribution < 1.29 is 14.3 Å². The maximum absolute atomic E-state index is 11.2. The quantitative estimate of drug-likeness (QED) is 0.816. The van der Waals surface area contributed by atoms with Gasteiger partial charge >= 0.3 is 5.97 Å². The van der Waals surface area contributed by atoms with Crippen molar-refractivity contribution in [1.29, 1.82) is 0 Å². The van der Waals surface area contributed by atoms with Gasteiger partial charge in [-0.15, -0.1) is 23.1 Å². The Balaban J connectivity index is 1.73. The van der Waals surface area contributed by atoms with Gasteiger partial charge in [-0.25, -0.2) is 4.98 Å². The van der Waals surface area contributed by atoms with E-state index in [9.17, 15) is 4.79 Å². The number of nitrogens with zero attached hydrogens (tertiary/aromatic N) is 1. The van der Waals surface area contributed by atoms with Gasteiger partial charge in [-0.3, -0.25) is 4.79 Å². The number of methoxy groups -OCH3 is 1. The zero-order valence-electron chi connectivity index (χ0n) is 10.9. The highest BCUT2D eigenvalue weighted by Gasteiger charge is 2.24. The van der Waals surface area contributed by atoms with Crippen LogP contribution in [0.2, 0.25) is 0 Å². The molecule has 20 heavy (non-hydrogen) atoms. The van der Waals surface area contributed by atoms with Crippen LogP contribution in [0.25, 0.3) is 0 Å². The Morgan fingerprint density at radius 1 is 1.50 bits per heavy atom. The number of thioether (sulfide) groups is 1. The summed E-state index contributed by atoms with van der Waals surface area (Å²) in [5, 5.41) is 2.80. The number of rotatable bonds is 3. The largest absolute Gasteiger partial charge is 0.481 e. The zero-order chi connectivity index (χ0) is 13.9. The van der Waals surface area contributed by atoms with Gasteiger partial charge in [-0.05, 0) is 12.1 Å². The van der Waals surface area contributed by atoms with E-state index in [1.54, 1.807) is 11.8 Å². The number of ether oxygens (including phenoxy) is 2. The van der Waals surface area contributed by atoms with Crippen molar-refractivity contribution in [2.75, 3.05) is 12.9 Å². The third kappa shape index (κ3) is 2.81. The standard InChI is InChI=1S/C14H13NO3S2/c1-17-13(16)6-9-7-20-14(15-9)11-8-19-12-5-3-2-4-10(12)18-11/h2-5,7,11H,6,8H2,1H3. The summed E-state index contributed by atoms with van der Waals surface area (Å²) >= 11 is 3.30. The van der Waals surface area contributed by atoms with E-state index >= 15 is 0 Å². The van der Waals surface area contributed by atoms with E-state index in [1.165, 1.54) is 18.4 Å². The third-order valence-corrected chi connectivity index (χ3v) is 5.01. The Kier molecular flexibility index (Phi) is 3.93. The number of para-hydroxylation sites is 1. The van der Waals surface area contributed by atoms with Gasteiger partial charge in [-0.1, -0.05) is 12.1 Å². The second-order valence-corrected chi connectivity index (χ2v) is 6.25. The second-order valence-electron chi connectivity index (χ2n) is 4.29. The minimum Gasteiger partial charge on any atom is -0.481 e. The fraction of sp³-hybridized carbons (Fsp3) is 0.286. The van der Waals surface area contributed by atoms with Crippen molar-refractivity contribution in [3.8, 4) is 5.75 Å². The van der Waals surface area contributed by atoms with Gasteiger partial charge in [-0.2, -0.15) is 0 Å². The van der Waals surface area contributed by atoms with Crippen molar-refractivity contribution in [3.63, 3.8) is 0 Å². The molecule has 0 aliphatic carbocycles. The molecule has 3 rings (SSSR count). The molecule has 0 saturated carbocycles. The number of carbonyl (C=O) groups is 1. The first-order valence-corrected chi connectivity index (χ1v) is 8.02. The number of fused-ring (bicyclic) bond motifs is 1. The monoisotopic (exact) mass is 307 g/mol. The lowest BCUT2D eigenvalue weighted by Crippen LogP contribution is -2.14. The molecule has 2 aromatic rings. The molecular weight excluding hydrogens is 294 g/mol. The third-order valence-electron chi connectivity index (χ3n) is 2.91. The second kappa shape index (κ2) is 5.85. The van der Waals surface area contributed by atoms with Gasteiger partial charge in [0.05, 0.1) is 19.2 Å². The van der Waals surface area contributed by atoms with E-state index in [1.807, 2.05) is 23.6 Å². The molecule has 1 aliphatic rings. The van der Waals surface area contributed by atoms with E-state index in [0.717, 1.165) is 27.1 Å². The van der Waals surface area contributed by atoms with E-state index in [-0.39, 0.29) is 18.5 Å². The zero-order valence-corrected chi connectivity index (χ0v) is 12.5. The SMILES string of the molecule is COC(=O)Cc1csc(C2CSc3ccccc3O2)n1. The summed E-state index contributed by atoms with van der Waals surface area (Å²) in [5.74, 6) is 1.46. The number of thiazole rings is 1. The average molecular weight is 307 g/mol. The Hall–Kier alpha value is -1.53. The molecule has 4 nitrogen and oxygen atoms in total. The molecule has 1 aliphatic heterocycles. The molecule has 1 aromatic carbocycles. The number of aromatic nitrogens is 1. The normalized spacial score (nSPS) is 17.1. The van der Waals surface area contributed by atoms with Crippen molar-refractivity contribution in [1.82, 2.24) is 4.98 Å². The minimum absolute atomic E-state index is 0.0497. The number of esters is 1. The fourth-order valence-electron chi connectivity index (χ4n) is 1.91. The van der Waals surface area contributed by atoms with Gasteiger partial charge in [0.1, 0.15) is 10.8 Å². The fourth-order valence-corrected chi connectivity index (χ4v) is 3.85. The lowest BCUT2D eigenvalue weighted by Gasteiger charge is -2.23. The molecular formula is C14H13NO3S2. The van der Waals surface area contributed by atoms with Crippen molar-refractivity contribution in [2.24, 2.45) is 0 Å². The Labute approximate surface area is 125 Å². The van der Waals surface area contributed by atoms with Gasteiger partial charge < -0.3 is 9.47 Å². The van der Waals surface area contributed by atoms with E-state index in [4.69, 9.17) is 4.74 Å². The molecule has 0 spiro atoms. The first-order valence-electron chi connectivity index (χ1n) is 6.16. The lowest BCUT2D eigenvalue weighted by molar-refractivity contribution is -0.139. The molecule has 0 bridgehead atoms. The molecule has 0 N–H and O–H groups in total. The van der Waals surface area contributed by atoms with Crippen LogP contribution >= 0.6 is 23.1 Å². The van der Waals surface area contributed by atoms with Crippen LogP contribution < -0.4 is 4.74 Å². The number of benzene rings is 1. The van der Waals surface area contributed by atoms with Crippen LogP contribution in [-0.4, -0.2) is 23.8 Å². The smallest absolute Gasteiger partial charge is 0.311 e. The summed E-state index contributed by atoms with van der Waals surface area (Å²) in [6.07, 6.45) is 0.162. The first kappa shape index (κ1) is 13.5. The van der Waals surface area contributed by atoms with E-state index in [0.29, 0.717) is 0 Å². The average Bonchev–Trinajstić information content (AvgIpc) is 2.95. The summed E-state index contributed by atoms with van der Waals surface area (Å²) in [7, 11) is 1.38. The number of carbonyl (C=O) groups excluding carboxylic acids is 1. The van der Waals surface area contributed by atoms with Crippen LogP contribution in [0.1, 0.15) is 16.8 Å². The highest BCUT2D eigenvalue weighted by Crippen LogP contribution is 2.40. The summed E-state index contributed by atoms with van der Waals surface area (Å²) in [6, 6.07) is 8.00. The molecule has 6 heteroatoms. The lowest BCUT2D eigenvalue weighted by atomic mass is 10.3. The molecule has 1 atom stereocenters. The minimum atomic E-state index is -0.272. The molecule has 104 valence electrons. The highest BCUT2D eigenvalue weighted by molar-refractivity contribution is 7.99. The van der Waals surface area contributed by atoms with Gasteiger partial charge in [0.15, 0.2) is 6.10 Å². The van der Waals surface area contributed by atoms with Crippen molar-refractivity contribution in [3.05, 3.63) is 40.3 Å². The number of hydrogen-bond donors (Lipinski definition) is 0. The van der Waals surface area contributed by atoms with Crippen LogP contribution in [0.3, 0.4) is 0 Å².